The van der Waals surface area contributed by atoms with Gasteiger partial charge in [0.25, 0.3) is 5.56 Å². The molecule has 2 N–H and O–H groups in total. The molecule has 0 spiro atoms. The van der Waals surface area contributed by atoms with Gasteiger partial charge in [-0.15, -0.1) is 11.3 Å². The summed E-state index contributed by atoms with van der Waals surface area (Å²) in [7, 11) is 0. The first-order chi connectivity index (χ1) is 8.08. The number of hydrogen-bond donors (Lipinski definition) is 2. The number of nitrogens with zero attached hydrogens (tertiary/aromatic N) is 2. The molecule has 1 unspecified atom stereocenters. The Bertz CT molecular complexity index is 580. The van der Waals surface area contributed by atoms with Gasteiger partial charge >= 0.3 is 0 Å². The fourth-order valence-electron chi connectivity index (χ4n) is 1.32. The third kappa shape index (κ3) is 2.83. The van der Waals surface area contributed by atoms with E-state index >= 15 is 0 Å². The van der Waals surface area contributed by atoms with Crippen LogP contribution in [0.4, 0.5) is 5.82 Å². The van der Waals surface area contributed by atoms with Crippen LogP contribution in [-0.2, 0) is 0 Å². The average Bonchev–Trinajstić information content (AvgIpc) is 2.72. The largest absolute Gasteiger partial charge is 0.360 e. The molecule has 0 aromatic carbocycles. The van der Waals surface area contributed by atoms with E-state index in [1.165, 1.54) is 6.33 Å². The van der Waals surface area contributed by atoms with Gasteiger partial charge in [-0.25, -0.2) is 9.97 Å². The summed E-state index contributed by atoms with van der Waals surface area (Å²) in [5, 5.41) is 6.18. The predicted molar refractivity (Wildman–Crippen MR) is 76.5 cm³/mol. The Morgan fingerprint density at radius 3 is 3.00 bits per heavy atom. The lowest BCUT2D eigenvalue weighted by Crippen LogP contribution is -2.16. The lowest BCUT2D eigenvalue weighted by molar-refractivity contribution is 0.849. The Labute approximate surface area is 116 Å². The number of aryl methyl sites for hydroxylation is 1. The number of aromatic amines is 1. The molecule has 0 saturated carbocycles. The number of anilines is 1. The van der Waals surface area contributed by atoms with Gasteiger partial charge in [0.05, 0.1) is 12.4 Å². The molecule has 17 heavy (non-hydrogen) atoms. The molecule has 0 bridgehead atoms. The molecule has 90 valence electrons. The van der Waals surface area contributed by atoms with Crippen molar-refractivity contribution in [3.63, 3.8) is 0 Å². The molecular weight excluding hydrogens is 351 g/mol. The van der Waals surface area contributed by atoms with Crippen LogP contribution >= 0.6 is 33.9 Å². The SMILES string of the molecule is Cc1csc(C(C)Nc2nc[nH]c(=O)c2I)n1. The summed E-state index contributed by atoms with van der Waals surface area (Å²) >= 11 is 3.57. The fraction of sp³-hybridized carbons (Fsp3) is 0.300. The molecule has 0 fully saturated rings. The van der Waals surface area contributed by atoms with Crippen LogP contribution in [0.1, 0.15) is 23.7 Å². The summed E-state index contributed by atoms with van der Waals surface area (Å²) in [4.78, 5) is 22.4. The number of hydrogen-bond acceptors (Lipinski definition) is 5. The standard InChI is InChI=1S/C10H11IN4OS/c1-5-3-17-10(14-5)6(2)15-8-7(11)9(16)13-4-12-8/h3-4,6H,1-2H3,(H2,12,13,15,16). The van der Waals surface area contributed by atoms with Crippen molar-refractivity contribution in [3.8, 4) is 0 Å². The molecule has 2 aromatic heterocycles. The minimum atomic E-state index is -0.134. The summed E-state index contributed by atoms with van der Waals surface area (Å²) in [6, 6.07) is 0.0384. The van der Waals surface area contributed by atoms with Gasteiger partial charge < -0.3 is 10.3 Å². The zero-order chi connectivity index (χ0) is 12.4. The van der Waals surface area contributed by atoms with Gasteiger partial charge in [0.1, 0.15) is 14.4 Å². The van der Waals surface area contributed by atoms with Crippen molar-refractivity contribution in [2.75, 3.05) is 5.32 Å². The molecule has 2 aromatic rings. The maximum atomic E-state index is 11.4. The number of rotatable bonds is 3. The molecular formula is C10H11IN4OS. The van der Waals surface area contributed by atoms with E-state index < -0.39 is 0 Å². The van der Waals surface area contributed by atoms with Crippen LogP contribution < -0.4 is 10.9 Å². The Morgan fingerprint density at radius 2 is 2.35 bits per heavy atom. The first-order valence-corrected chi connectivity index (χ1v) is 6.95. The van der Waals surface area contributed by atoms with Crippen LogP contribution in [0.25, 0.3) is 0 Å². The van der Waals surface area contributed by atoms with E-state index in [1.807, 2.05) is 41.8 Å². The lowest BCUT2D eigenvalue weighted by atomic mass is 10.3. The van der Waals surface area contributed by atoms with E-state index in [1.54, 1.807) is 11.3 Å². The van der Waals surface area contributed by atoms with Gasteiger partial charge in [0.2, 0.25) is 0 Å². The highest BCUT2D eigenvalue weighted by Crippen LogP contribution is 2.22. The molecule has 2 rings (SSSR count). The summed E-state index contributed by atoms with van der Waals surface area (Å²) in [6.07, 6.45) is 1.40. The van der Waals surface area contributed by atoms with E-state index in [0.717, 1.165) is 10.7 Å². The van der Waals surface area contributed by atoms with Crippen molar-refractivity contribution in [3.05, 3.63) is 36.3 Å². The molecule has 0 radical (unpaired) electrons. The minimum Gasteiger partial charge on any atom is -0.360 e. The summed E-state index contributed by atoms with van der Waals surface area (Å²) in [5.41, 5.74) is 0.873. The number of nitrogens with one attached hydrogen (secondary N) is 2. The monoisotopic (exact) mass is 362 g/mol. The molecule has 1 atom stereocenters. The maximum Gasteiger partial charge on any atom is 0.266 e. The Morgan fingerprint density at radius 1 is 1.59 bits per heavy atom. The quantitative estimate of drug-likeness (QED) is 0.823. The van der Waals surface area contributed by atoms with Gasteiger partial charge in [0, 0.05) is 11.1 Å². The van der Waals surface area contributed by atoms with E-state index in [-0.39, 0.29) is 11.6 Å². The second-order valence-corrected chi connectivity index (χ2v) is 5.56. The lowest BCUT2D eigenvalue weighted by Gasteiger charge is -2.12. The number of halogens is 1. The molecule has 0 aliphatic carbocycles. The third-order valence-electron chi connectivity index (χ3n) is 2.16. The number of H-pyrrole nitrogens is 1. The van der Waals surface area contributed by atoms with Crippen LogP contribution in [0, 0.1) is 10.5 Å². The van der Waals surface area contributed by atoms with E-state index in [9.17, 15) is 4.79 Å². The van der Waals surface area contributed by atoms with Crippen molar-refractivity contribution >= 4 is 39.7 Å². The number of thiazole rings is 1. The van der Waals surface area contributed by atoms with Crippen LogP contribution in [0.5, 0.6) is 0 Å². The van der Waals surface area contributed by atoms with E-state index in [2.05, 4.69) is 20.3 Å². The highest BCUT2D eigenvalue weighted by atomic mass is 127. The summed E-state index contributed by atoms with van der Waals surface area (Å²) in [5.74, 6) is 0.592. The van der Waals surface area contributed by atoms with Gasteiger partial charge in [-0.3, -0.25) is 4.79 Å². The fourth-order valence-corrected chi connectivity index (χ4v) is 2.58. The molecule has 2 heterocycles. The van der Waals surface area contributed by atoms with Crippen molar-refractivity contribution < 1.29 is 0 Å². The van der Waals surface area contributed by atoms with Crippen LogP contribution in [0.2, 0.25) is 0 Å². The second-order valence-electron chi connectivity index (χ2n) is 3.59. The third-order valence-corrected chi connectivity index (χ3v) is 4.30. The molecule has 5 nitrogen and oxygen atoms in total. The van der Waals surface area contributed by atoms with Crippen LogP contribution in [0.3, 0.4) is 0 Å². The van der Waals surface area contributed by atoms with Crippen molar-refractivity contribution in [2.45, 2.75) is 19.9 Å². The highest BCUT2D eigenvalue weighted by Gasteiger charge is 2.12. The zero-order valence-corrected chi connectivity index (χ0v) is 12.3. The molecule has 0 aliphatic rings. The zero-order valence-electron chi connectivity index (χ0n) is 9.32. The van der Waals surface area contributed by atoms with Crippen LogP contribution in [-0.4, -0.2) is 15.0 Å². The molecule has 0 saturated heterocycles. The van der Waals surface area contributed by atoms with Gasteiger partial charge in [-0.1, -0.05) is 0 Å². The highest BCUT2D eigenvalue weighted by molar-refractivity contribution is 14.1. The predicted octanol–water partition coefficient (Wildman–Crippen LogP) is 2.31. The van der Waals surface area contributed by atoms with Crippen LogP contribution in [0.15, 0.2) is 16.5 Å². The summed E-state index contributed by atoms with van der Waals surface area (Å²) < 4.78 is 0.560. The first-order valence-electron chi connectivity index (χ1n) is 4.99. The maximum absolute atomic E-state index is 11.4. The van der Waals surface area contributed by atoms with E-state index in [0.29, 0.717) is 9.39 Å². The molecule has 7 heteroatoms. The normalized spacial score (nSPS) is 12.4. The van der Waals surface area contributed by atoms with Crippen molar-refractivity contribution in [1.82, 2.24) is 15.0 Å². The second kappa shape index (κ2) is 5.13. The van der Waals surface area contributed by atoms with Crippen molar-refractivity contribution in [1.29, 1.82) is 0 Å². The average molecular weight is 362 g/mol. The van der Waals surface area contributed by atoms with Gasteiger partial charge in [-0.05, 0) is 36.4 Å². The van der Waals surface area contributed by atoms with E-state index in [4.69, 9.17) is 0 Å². The smallest absolute Gasteiger partial charge is 0.266 e. The Balaban J connectivity index is 2.21. The Kier molecular flexibility index (Phi) is 3.77. The Hall–Kier alpha value is -0.960. The van der Waals surface area contributed by atoms with Crippen molar-refractivity contribution in [2.24, 2.45) is 0 Å². The molecule has 0 amide bonds. The first kappa shape index (κ1) is 12.5. The summed E-state index contributed by atoms with van der Waals surface area (Å²) in [6.45, 7) is 3.96. The topological polar surface area (TPSA) is 70.7 Å². The molecule has 0 aliphatic heterocycles. The van der Waals surface area contributed by atoms with Gasteiger partial charge in [0.15, 0.2) is 0 Å². The van der Waals surface area contributed by atoms with Gasteiger partial charge in [-0.2, -0.15) is 0 Å². The minimum absolute atomic E-state index is 0.0384. The number of aromatic nitrogens is 3.